The molecule has 5 amide bonds. The molecule has 12 heteroatoms. The first kappa shape index (κ1) is 32.8. The Labute approximate surface area is 269 Å². The first-order valence-electron chi connectivity index (χ1n) is 15.9. The van der Waals surface area contributed by atoms with E-state index in [0.29, 0.717) is 11.7 Å². The van der Waals surface area contributed by atoms with E-state index in [2.05, 4.69) is 21.9 Å². The minimum atomic E-state index is -1.16. The number of hydrogen-bond donors (Lipinski definition) is 3. The van der Waals surface area contributed by atoms with Gasteiger partial charge in [-0.3, -0.25) is 23.9 Å². The van der Waals surface area contributed by atoms with Gasteiger partial charge in [0.05, 0.1) is 19.6 Å². The average molecular weight is 640 g/mol. The zero-order valence-corrected chi connectivity index (χ0v) is 27.2. The second-order valence-corrected chi connectivity index (χ2v) is 14.9. The molecule has 1 aromatic rings. The fourth-order valence-electron chi connectivity index (χ4n) is 6.03. The van der Waals surface area contributed by atoms with E-state index in [0.717, 1.165) is 44.1 Å². The lowest BCUT2D eigenvalue weighted by Gasteiger charge is -2.35. The van der Waals surface area contributed by atoms with Gasteiger partial charge in [-0.2, -0.15) is 0 Å². The standard InChI is InChI=1S/C33H45N5O6S/c1-5-22-18-33(22,30(42)36-45-24-15-16-24)35-28(40)25-19-37(26(39)17-21-11-7-6-8-12-21)20-38(25)29(41)27(32(2,3)4)34-31(43)44-23-13-9-10-14-23/h5-8,11-12,22-25,27H,1,9-10,13-20H2,2-4H3,(H,34,43)(H,35,40)(H,36,42)/t22-,25+,27-,33-/m1/s1. The molecular formula is C33H45N5O6S. The SMILES string of the molecule is C=C[C@@H]1C[C@]1(NC(=O)[C@@H]1CN(C(=O)Cc2ccccc2)CN1C(=O)[C@@H](NC(=O)OC1CCCC1)C(C)(C)C)C(=O)NSC1CC1. The summed E-state index contributed by atoms with van der Waals surface area (Å²) in [6, 6.07) is 7.16. The molecule has 5 rings (SSSR count). The Hall–Kier alpha value is -3.54. The van der Waals surface area contributed by atoms with Crippen molar-refractivity contribution in [1.82, 2.24) is 25.2 Å². The summed E-state index contributed by atoms with van der Waals surface area (Å²) < 4.78 is 8.49. The minimum absolute atomic E-state index is 0.0418. The van der Waals surface area contributed by atoms with E-state index in [-0.39, 0.29) is 43.5 Å². The van der Waals surface area contributed by atoms with Crippen LogP contribution in [0.4, 0.5) is 4.79 Å². The molecule has 0 aromatic heterocycles. The molecule has 244 valence electrons. The average Bonchev–Trinajstić information content (AvgIpc) is 3.84. The number of rotatable bonds is 11. The molecule has 11 nitrogen and oxygen atoms in total. The predicted molar refractivity (Wildman–Crippen MR) is 170 cm³/mol. The molecule has 4 fully saturated rings. The third kappa shape index (κ3) is 7.82. The number of nitrogens with one attached hydrogen (secondary N) is 3. The van der Waals surface area contributed by atoms with Crippen molar-refractivity contribution in [1.29, 1.82) is 0 Å². The van der Waals surface area contributed by atoms with Crippen LogP contribution < -0.4 is 15.4 Å². The molecule has 0 bridgehead atoms. The van der Waals surface area contributed by atoms with Crippen molar-refractivity contribution in [3.8, 4) is 0 Å². The lowest BCUT2D eigenvalue weighted by molar-refractivity contribution is -0.143. The number of carbonyl (C=O) groups excluding carboxylic acids is 5. The molecule has 1 heterocycles. The Bertz CT molecular complexity index is 1310. The maximum atomic E-state index is 14.3. The van der Waals surface area contributed by atoms with Crippen molar-refractivity contribution in [3.05, 3.63) is 48.6 Å². The van der Waals surface area contributed by atoms with E-state index in [4.69, 9.17) is 4.74 Å². The summed E-state index contributed by atoms with van der Waals surface area (Å²) >= 11 is 1.37. The van der Waals surface area contributed by atoms with Gasteiger partial charge in [-0.05, 0) is 67.9 Å². The molecular weight excluding hydrogens is 594 g/mol. The molecule has 3 saturated carbocycles. The normalized spacial score (nSPS) is 25.3. The van der Waals surface area contributed by atoms with Crippen molar-refractivity contribution in [2.75, 3.05) is 13.2 Å². The van der Waals surface area contributed by atoms with Gasteiger partial charge >= 0.3 is 6.09 Å². The zero-order chi connectivity index (χ0) is 32.4. The van der Waals surface area contributed by atoms with Gasteiger partial charge in [-0.1, -0.05) is 57.2 Å². The molecule has 0 radical (unpaired) electrons. The molecule has 1 aromatic carbocycles. The van der Waals surface area contributed by atoms with Crippen molar-refractivity contribution < 1.29 is 28.7 Å². The number of carbonyl (C=O) groups is 5. The summed E-state index contributed by atoms with van der Waals surface area (Å²) in [6.45, 7) is 9.14. The largest absolute Gasteiger partial charge is 0.446 e. The highest BCUT2D eigenvalue weighted by molar-refractivity contribution is 7.98. The Kier molecular flexibility index (Phi) is 9.81. The van der Waals surface area contributed by atoms with Crippen LogP contribution in [0, 0.1) is 11.3 Å². The molecule has 0 unspecified atom stereocenters. The Morgan fingerprint density at radius 2 is 1.78 bits per heavy atom. The second kappa shape index (κ2) is 13.4. The van der Waals surface area contributed by atoms with Crippen LogP contribution in [-0.4, -0.2) is 81.7 Å². The lowest BCUT2D eigenvalue weighted by atomic mass is 9.85. The van der Waals surface area contributed by atoms with E-state index < -0.39 is 40.9 Å². The quantitative estimate of drug-likeness (QED) is 0.250. The minimum Gasteiger partial charge on any atom is -0.446 e. The van der Waals surface area contributed by atoms with Crippen LogP contribution in [-0.2, 0) is 30.3 Å². The van der Waals surface area contributed by atoms with Crippen LogP contribution in [0.5, 0.6) is 0 Å². The van der Waals surface area contributed by atoms with Gasteiger partial charge in [0.2, 0.25) is 17.7 Å². The Morgan fingerprint density at radius 3 is 2.38 bits per heavy atom. The molecule has 3 N–H and O–H groups in total. The second-order valence-electron chi connectivity index (χ2n) is 13.8. The number of ether oxygens (including phenoxy) is 1. The van der Waals surface area contributed by atoms with Crippen molar-refractivity contribution >= 4 is 41.7 Å². The molecule has 0 spiro atoms. The summed E-state index contributed by atoms with van der Waals surface area (Å²) in [5, 5.41) is 6.09. The fraction of sp³-hybridized carbons (Fsp3) is 0.606. The molecule has 4 aliphatic rings. The van der Waals surface area contributed by atoms with Crippen LogP contribution in [0.3, 0.4) is 0 Å². The summed E-state index contributed by atoms with van der Waals surface area (Å²) in [5.74, 6) is -1.82. The van der Waals surface area contributed by atoms with Crippen LogP contribution in [0.2, 0.25) is 0 Å². The first-order valence-corrected chi connectivity index (χ1v) is 16.8. The zero-order valence-electron chi connectivity index (χ0n) is 26.4. The highest BCUT2D eigenvalue weighted by atomic mass is 32.2. The lowest BCUT2D eigenvalue weighted by Crippen LogP contribution is -2.60. The summed E-state index contributed by atoms with van der Waals surface area (Å²) in [7, 11) is 0. The van der Waals surface area contributed by atoms with Gasteiger partial charge in [0.25, 0.3) is 5.91 Å². The number of alkyl carbamates (subject to hydrolysis) is 1. The Balaban J connectivity index is 1.35. The highest BCUT2D eigenvalue weighted by Gasteiger charge is 2.61. The van der Waals surface area contributed by atoms with Gasteiger partial charge in [0.1, 0.15) is 23.7 Å². The molecule has 1 saturated heterocycles. The topological polar surface area (TPSA) is 137 Å². The van der Waals surface area contributed by atoms with E-state index in [1.54, 1.807) is 6.08 Å². The number of nitrogens with zero attached hydrogens (tertiary/aromatic N) is 2. The third-order valence-electron chi connectivity index (χ3n) is 9.07. The Morgan fingerprint density at radius 1 is 1.09 bits per heavy atom. The van der Waals surface area contributed by atoms with Gasteiger partial charge in [0, 0.05) is 11.2 Å². The molecule has 4 atom stereocenters. The molecule has 3 aliphatic carbocycles. The smallest absolute Gasteiger partial charge is 0.408 e. The fourth-order valence-corrected chi connectivity index (χ4v) is 6.86. The number of hydrogen-bond acceptors (Lipinski definition) is 7. The predicted octanol–water partition coefficient (Wildman–Crippen LogP) is 3.30. The summed E-state index contributed by atoms with van der Waals surface area (Å²) in [4.78, 5) is 70.7. The van der Waals surface area contributed by atoms with Gasteiger partial charge < -0.3 is 25.2 Å². The van der Waals surface area contributed by atoms with Crippen LogP contribution >= 0.6 is 11.9 Å². The van der Waals surface area contributed by atoms with Crippen LogP contribution in [0.15, 0.2) is 43.0 Å². The summed E-state index contributed by atoms with van der Waals surface area (Å²) in [5.41, 5.74) is -1.09. The maximum absolute atomic E-state index is 14.3. The van der Waals surface area contributed by atoms with E-state index in [1.807, 2.05) is 51.1 Å². The van der Waals surface area contributed by atoms with Crippen molar-refractivity contribution in [2.45, 2.75) is 101 Å². The summed E-state index contributed by atoms with van der Waals surface area (Å²) in [6.07, 6.45) is 6.93. The van der Waals surface area contributed by atoms with Crippen molar-refractivity contribution in [2.24, 2.45) is 11.3 Å². The van der Waals surface area contributed by atoms with Gasteiger partial charge in [0.15, 0.2) is 0 Å². The van der Waals surface area contributed by atoms with Crippen molar-refractivity contribution in [3.63, 3.8) is 0 Å². The maximum Gasteiger partial charge on any atom is 0.408 e. The first-order chi connectivity index (χ1) is 21.4. The van der Waals surface area contributed by atoms with E-state index in [1.165, 1.54) is 21.7 Å². The number of benzene rings is 1. The molecule has 1 aliphatic heterocycles. The van der Waals surface area contributed by atoms with E-state index >= 15 is 0 Å². The van der Waals surface area contributed by atoms with Crippen LogP contribution in [0.25, 0.3) is 0 Å². The van der Waals surface area contributed by atoms with Crippen LogP contribution in [0.1, 0.15) is 71.3 Å². The third-order valence-corrected chi connectivity index (χ3v) is 10.2. The van der Waals surface area contributed by atoms with Gasteiger partial charge in [-0.15, -0.1) is 6.58 Å². The monoisotopic (exact) mass is 639 g/mol. The number of amides is 5. The highest BCUT2D eigenvalue weighted by Crippen LogP contribution is 2.46. The van der Waals surface area contributed by atoms with Gasteiger partial charge in [-0.25, -0.2) is 4.79 Å². The van der Waals surface area contributed by atoms with E-state index in [9.17, 15) is 24.0 Å². The molecule has 45 heavy (non-hydrogen) atoms.